The van der Waals surface area contributed by atoms with Crippen molar-refractivity contribution in [1.29, 1.82) is 0 Å². The summed E-state index contributed by atoms with van der Waals surface area (Å²) >= 11 is 0. The average molecular weight is 603 g/mol. The Morgan fingerprint density at radius 2 is 1.33 bits per heavy atom. The molecule has 0 aliphatic carbocycles. The SMILES string of the molecule is C=C[C@@H]1O[C@H](COC(c2ccccc2)(c2ccccc2)c2ccc(OC)cc2)[C@@H](O)C[C@H]1O[Si](C(C)C)(C(C)C)C(C)C. The summed E-state index contributed by atoms with van der Waals surface area (Å²) in [6.07, 6.45) is 0.397. The van der Waals surface area contributed by atoms with Gasteiger partial charge in [-0.15, -0.1) is 6.58 Å². The van der Waals surface area contributed by atoms with Gasteiger partial charge in [-0.1, -0.05) is 120 Å². The smallest absolute Gasteiger partial charge is 0.200 e. The highest BCUT2D eigenvalue weighted by Gasteiger charge is 2.50. The molecule has 6 heteroatoms. The quantitative estimate of drug-likeness (QED) is 0.121. The van der Waals surface area contributed by atoms with Crippen LogP contribution in [0, 0.1) is 0 Å². The molecule has 5 nitrogen and oxygen atoms in total. The van der Waals surface area contributed by atoms with Crippen molar-refractivity contribution < 1.29 is 23.7 Å². The average Bonchev–Trinajstić information content (AvgIpc) is 3.01. The molecule has 0 radical (unpaired) electrons. The van der Waals surface area contributed by atoms with Crippen LogP contribution in [0.3, 0.4) is 0 Å². The van der Waals surface area contributed by atoms with E-state index in [9.17, 15) is 5.11 Å². The van der Waals surface area contributed by atoms with Crippen molar-refractivity contribution in [2.24, 2.45) is 0 Å². The van der Waals surface area contributed by atoms with E-state index in [-0.39, 0.29) is 18.8 Å². The Hall–Kier alpha value is -2.74. The summed E-state index contributed by atoms with van der Waals surface area (Å²) in [5.74, 6) is 0.772. The van der Waals surface area contributed by atoms with Crippen molar-refractivity contribution >= 4 is 8.32 Å². The molecule has 4 rings (SSSR count). The molecule has 1 fully saturated rings. The molecule has 0 bridgehead atoms. The number of rotatable bonds is 13. The number of aliphatic hydroxyl groups is 1. The van der Waals surface area contributed by atoms with E-state index in [1.165, 1.54) is 0 Å². The summed E-state index contributed by atoms with van der Waals surface area (Å²) < 4.78 is 26.1. The zero-order valence-corrected chi connectivity index (χ0v) is 27.9. The molecule has 232 valence electrons. The van der Waals surface area contributed by atoms with Crippen LogP contribution < -0.4 is 4.74 Å². The predicted molar refractivity (Wildman–Crippen MR) is 177 cm³/mol. The van der Waals surface area contributed by atoms with Gasteiger partial charge in [0.05, 0.1) is 25.9 Å². The second-order valence-corrected chi connectivity index (χ2v) is 18.0. The molecule has 1 heterocycles. The van der Waals surface area contributed by atoms with Gasteiger partial charge in [0.25, 0.3) is 0 Å². The summed E-state index contributed by atoms with van der Waals surface area (Å²) in [4.78, 5) is 0. The lowest BCUT2D eigenvalue weighted by atomic mass is 9.80. The standard InChI is InChI=1S/C37H50O5Si/c1-9-34-35(42-43(26(2)3,27(4)5)28(6)7)24-33(38)36(41-34)25-40-37(29-16-12-10-13-17-29,30-18-14-11-15-19-30)31-20-22-32(39-8)23-21-31/h9-23,26-28,33-36,38H,1,24-25H2,2-8H3/t33-,34-,35+,36+/m0/s1. The van der Waals surface area contributed by atoms with Crippen LogP contribution in [0.5, 0.6) is 5.75 Å². The van der Waals surface area contributed by atoms with Gasteiger partial charge < -0.3 is 23.7 Å². The topological polar surface area (TPSA) is 57.2 Å². The first kappa shape index (κ1) is 33.2. The Kier molecular flexibility index (Phi) is 11.1. The normalized spacial score (nSPS) is 21.4. The van der Waals surface area contributed by atoms with Crippen molar-refractivity contribution in [1.82, 2.24) is 0 Å². The van der Waals surface area contributed by atoms with Crippen LogP contribution in [0.4, 0.5) is 0 Å². The molecule has 0 aromatic heterocycles. The van der Waals surface area contributed by atoms with E-state index >= 15 is 0 Å². The molecular weight excluding hydrogens is 552 g/mol. The van der Waals surface area contributed by atoms with Crippen molar-refractivity contribution in [2.75, 3.05) is 13.7 Å². The summed E-state index contributed by atoms with van der Waals surface area (Å²) in [5.41, 5.74) is 3.27. The molecule has 1 aliphatic heterocycles. The van der Waals surface area contributed by atoms with Gasteiger partial charge in [-0.2, -0.15) is 0 Å². The molecule has 1 saturated heterocycles. The number of benzene rings is 3. The van der Waals surface area contributed by atoms with E-state index in [0.29, 0.717) is 23.0 Å². The van der Waals surface area contributed by atoms with Crippen LogP contribution in [-0.4, -0.2) is 51.6 Å². The first-order valence-corrected chi connectivity index (χ1v) is 17.8. The monoisotopic (exact) mass is 602 g/mol. The first-order chi connectivity index (χ1) is 20.6. The Balaban J connectivity index is 1.67. The fourth-order valence-electron chi connectivity index (χ4n) is 7.18. The third kappa shape index (κ3) is 6.69. The molecule has 0 saturated carbocycles. The molecule has 0 amide bonds. The lowest BCUT2D eigenvalue weighted by molar-refractivity contribution is -0.178. The van der Waals surface area contributed by atoms with Gasteiger partial charge in [-0.25, -0.2) is 0 Å². The number of aliphatic hydroxyl groups excluding tert-OH is 1. The molecule has 1 N–H and O–H groups in total. The van der Waals surface area contributed by atoms with E-state index < -0.39 is 26.1 Å². The lowest BCUT2D eigenvalue weighted by Gasteiger charge is -2.48. The van der Waals surface area contributed by atoms with E-state index in [4.69, 9.17) is 18.6 Å². The zero-order chi connectivity index (χ0) is 31.2. The summed E-state index contributed by atoms with van der Waals surface area (Å²) in [6, 6.07) is 28.4. The molecular formula is C37H50O5Si. The van der Waals surface area contributed by atoms with Crippen LogP contribution in [0.25, 0.3) is 0 Å². The molecule has 1 aliphatic rings. The minimum Gasteiger partial charge on any atom is -0.497 e. The molecule has 4 atom stereocenters. The zero-order valence-electron chi connectivity index (χ0n) is 26.9. The Labute approximate surface area is 260 Å². The van der Waals surface area contributed by atoms with Gasteiger partial charge in [-0.05, 0) is 45.4 Å². The van der Waals surface area contributed by atoms with Gasteiger partial charge >= 0.3 is 0 Å². The minimum atomic E-state index is -2.19. The second kappa shape index (κ2) is 14.4. The van der Waals surface area contributed by atoms with Gasteiger partial charge in [0.1, 0.15) is 23.6 Å². The molecule has 3 aromatic rings. The second-order valence-electron chi connectivity index (χ2n) is 12.6. The Morgan fingerprint density at radius 1 is 0.837 bits per heavy atom. The van der Waals surface area contributed by atoms with Crippen molar-refractivity contribution in [3.05, 3.63) is 114 Å². The first-order valence-electron chi connectivity index (χ1n) is 15.6. The van der Waals surface area contributed by atoms with Crippen LogP contribution in [-0.2, 0) is 19.5 Å². The van der Waals surface area contributed by atoms with Gasteiger partial charge in [0.15, 0.2) is 0 Å². The predicted octanol–water partition coefficient (Wildman–Crippen LogP) is 8.27. The van der Waals surface area contributed by atoms with Gasteiger partial charge in [-0.3, -0.25) is 0 Å². The molecule has 0 spiro atoms. The number of hydrogen-bond donors (Lipinski definition) is 1. The highest BCUT2D eigenvalue weighted by atomic mass is 28.4. The summed E-state index contributed by atoms with van der Waals surface area (Å²) in [7, 11) is -0.529. The fraction of sp³-hybridized carbons (Fsp3) is 0.459. The van der Waals surface area contributed by atoms with Crippen LogP contribution >= 0.6 is 0 Å². The maximum atomic E-state index is 11.5. The Morgan fingerprint density at radius 3 is 1.77 bits per heavy atom. The third-order valence-corrected chi connectivity index (χ3v) is 15.3. The van der Waals surface area contributed by atoms with E-state index in [0.717, 1.165) is 22.4 Å². The highest BCUT2D eigenvalue weighted by molar-refractivity contribution is 6.77. The van der Waals surface area contributed by atoms with Crippen LogP contribution in [0.1, 0.15) is 64.7 Å². The lowest BCUT2D eigenvalue weighted by Crippen LogP contribution is -2.57. The highest BCUT2D eigenvalue weighted by Crippen LogP contribution is 2.45. The van der Waals surface area contributed by atoms with Crippen molar-refractivity contribution in [3.8, 4) is 5.75 Å². The largest absolute Gasteiger partial charge is 0.497 e. The fourth-order valence-corrected chi connectivity index (χ4v) is 12.7. The third-order valence-electron chi connectivity index (χ3n) is 9.22. The molecule has 0 unspecified atom stereocenters. The number of ether oxygens (including phenoxy) is 3. The maximum absolute atomic E-state index is 11.5. The molecule has 43 heavy (non-hydrogen) atoms. The van der Waals surface area contributed by atoms with E-state index in [2.05, 4.69) is 72.4 Å². The number of methoxy groups -OCH3 is 1. The summed E-state index contributed by atoms with van der Waals surface area (Å²) in [6.45, 7) is 17.9. The van der Waals surface area contributed by atoms with Gasteiger partial charge in [0, 0.05) is 6.42 Å². The summed E-state index contributed by atoms with van der Waals surface area (Å²) in [5, 5.41) is 11.5. The Bertz CT molecular complexity index is 1210. The van der Waals surface area contributed by atoms with E-state index in [1.807, 2.05) is 66.7 Å². The van der Waals surface area contributed by atoms with E-state index in [1.54, 1.807) is 7.11 Å². The van der Waals surface area contributed by atoms with Crippen LogP contribution in [0.2, 0.25) is 16.6 Å². The maximum Gasteiger partial charge on any atom is 0.200 e. The molecule has 3 aromatic carbocycles. The van der Waals surface area contributed by atoms with Crippen LogP contribution in [0.15, 0.2) is 97.6 Å². The van der Waals surface area contributed by atoms with Crippen molar-refractivity contribution in [2.45, 2.75) is 94.6 Å². The number of hydrogen-bond acceptors (Lipinski definition) is 5. The van der Waals surface area contributed by atoms with Gasteiger partial charge in [0.2, 0.25) is 8.32 Å². The van der Waals surface area contributed by atoms with Crippen molar-refractivity contribution in [3.63, 3.8) is 0 Å². The minimum absolute atomic E-state index is 0.176.